The van der Waals surface area contributed by atoms with Crippen molar-refractivity contribution < 1.29 is 14.1 Å². The molecule has 0 aliphatic heterocycles. The highest BCUT2D eigenvalue weighted by Crippen LogP contribution is 2.35. The van der Waals surface area contributed by atoms with Crippen LogP contribution in [0.25, 0.3) is 11.1 Å². The van der Waals surface area contributed by atoms with Crippen molar-refractivity contribution in [3.63, 3.8) is 0 Å². The number of aryl methyl sites for hydroxylation is 1. The van der Waals surface area contributed by atoms with Crippen LogP contribution in [0.3, 0.4) is 0 Å². The predicted molar refractivity (Wildman–Crippen MR) is 70.0 cm³/mol. The molecule has 0 saturated carbocycles. The first-order valence-corrected chi connectivity index (χ1v) is 5.56. The Bertz CT molecular complexity index is 656. The Balaban J connectivity index is 2.58. The van der Waals surface area contributed by atoms with Gasteiger partial charge in [0, 0.05) is 12.1 Å². The first-order valence-electron chi connectivity index (χ1n) is 5.56. The summed E-state index contributed by atoms with van der Waals surface area (Å²) in [6.07, 6.45) is 0. The Hall–Kier alpha value is -2.63. The van der Waals surface area contributed by atoms with E-state index >= 15 is 0 Å². The van der Waals surface area contributed by atoms with Crippen molar-refractivity contribution in [2.75, 3.05) is 5.73 Å². The van der Waals surface area contributed by atoms with Gasteiger partial charge < -0.3 is 10.2 Å². The molecule has 98 valence electrons. The third-order valence-corrected chi connectivity index (χ3v) is 2.83. The monoisotopic (exact) mass is 260 g/mol. The Morgan fingerprint density at radius 1 is 1.32 bits per heavy atom. The molecule has 19 heavy (non-hydrogen) atoms. The van der Waals surface area contributed by atoms with E-state index < -0.39 is 4.92 Å². The second kappa shape index (κ2) is 4.56. The molecular weight excluding hydrogens is 248 g/mol. The number of carbonyl (C=O) groups is 1. The lowest BCUT2D eigenvalue weighted by Crippen LogP contribution is -1.96. The number of furan rings is 1. The molecule has 0 unspecified atom stereocenters. The van der Waals surface area contributed by atoms with Crippen molar-refractivity contribution in [3.8, 4) is 11.1 Å². The molecule has 2 N–H and O–H groups in total. The van der Waals surface area contributed by atoms with E-state index in [4.69, 9.17) is 10.2 Å². The van der Waals surface area contributed by atoms with Crippen LogP contribution in [0.2, 0.25) is 0 Å². The van der Waals surface area contributed by atoms with E-state index in [2.05, 4.69) is 0 Å². The van der Waals surface area contributed by atoms with Crippen molar-refractivity contribution in [1.29, 1.82) is 0 Å². The predicted octanol–water partition coefficient (Wildman–Crippen LogP) is 2.95. The molecular formula is C13H12N2O4. The molecule has 0 aliphatic carbocycles. The minimum absolute atomic E-state index is 0.0214. The maximum atomic E-state index is 11.6. The minimum Gasteiger partial charge on any atom is -0.445 e. The molecule has 1 aromatic heterocycles. The van der Waals surface area contributed by atoms with Gasteiger partial charge in [-0.1, -0.05) is 0 Å². The zero-order valence-corrected chi connectivity index (χ0v) is 10.5. The summed E-state index contributed by atoms with van der Waals surface area (Å²) in [6, 6.07) is 5.82. The van der Waals surface area contributed by atoms with Crippen LogP contribution >= 0.6 is 0 Å². The van der Waals surface area contributed by atoms with Crippen molar-refractivity contribution in [2.45, 2.75) is 13.8 Å². The molecule has 0 spiro atoms. The highest BCUT2D eigenvalue weighted by molar-refractivity contribution is 6.04. The Kier molecular flexibility index (Phi) is 3.08. The van der Waals surface area contributed by atoms with Crippen LogP contribution in [0.15, 0.2) is 28.7 Å². The molecule has 0 aliphatic rings. The number of nitrogen functional groups attached to an aromatic ring is 1. The first-order chi connectivity index (χ1) is 8.91. The van der Waals surface area contributed by atoms with Gasteiger partial charge in [0.05, 0.1) is 16.1 Å². The average molecular weight is 260 g/mol. The largest absolute Gasteiger partial charge is 0.445 e. The normalized spacial score (nSPS) is 10.4. The summed E-state index contributed by atoms with van der Waals surface area (Å²) in [5.74, 6) is 0.418. The minimum atomic E-state index is -0.486. The van der Waals surface area contributed by atoms with E-state index in [1.165, 1.54) is 19.1 Å². The molecule has 0 fully saturated rings. The summed E-state index contributed by atoms with van der Waals surface area (Å²) in [5, 5.41) is 10.6. The lowest BCUT2D eigenvalue weighted by atomic mass is 9.99. The number of benzene rings is 1. The summed E-state index contributed by atoms with van der Waals surface area (Å²) in [4.78, 5) is 21.7. The lowest BCUT2D eigenvalue weighted by molar-refractivity contribution is -0.384. The number of carbonyl (C=O) groups excluding carboxylic acids is 1. The van der Waals surface area contributed by atoms with Gasteiger partial charge >= 0.3 is 0 Å². The number of rotatable bonds is 3. The number of anilines is 1. The van der Waals surface area contributed by atoms with Crippen LogP contribution in [-0.2, 0) is 0 Å². The first kappa shape index (κ1) is 12.8. The summed E-state index contributed by atoms with van der Waals surface area (Å²) < 4.78 is 5.26. The summed E-state index contributed by atoms with van der Waals surface area (Å²) in [6.45, 7) is 3.08. The molecule has 2 aromatic rings. The van der Waals surface area contributed by atoms with E-state index in [1.54, 1.807) is 19.1 Å². The number of non-ortho nitro benzene ring substituents is 1. The number of nitrogens with two attached hydrogens (primary N) is 1. The second-order valence-corrected chi connectivity index (χ2v) is 4.13. The fourth-order valence-corrected chi connectivity index (χ4v) is 2.03. The van der Waals surface area contributed by atoms with Gasteiger partial charge in [0.2, 0.25) is 0 Å². The fraction of sp³-hybridized carbons (Fsp3) is 0.154. The van der Waals surface area contributed by atoms with E-state index in [-0.39, 0.29) is 17.4 Å². The number of hydrogen-bond donors (Lipinski definition) is 1. The summed E-state index contributed by atoms with van der Waals surface area (Å²) in [7, 11) is 0. The zero-order valence-electron chi connectivity index (χ0n) is 10.5. The van der Waals surface area contributed by atoms with Crippen LogP contribution in [0.5, 0.6) is 0 Å². The SMILES string of the molecule is CC(=O)c1c(C)oc(N)c1-c1ccc([N+](=O)[O-])cc1. The molecule has 6 nitrogen and oxygen atoms in total. The number of nitrogens with zero attached hydrogens (tertiary/aromatic N) is 1. The van der Waals surface area contributed by atoms with Gasteiger partial charge in [0.25, 0.3) is 5.69 Å². The highest BCUT2D eigenvalue weighted by atomic mass is 16.6. The Morgan fingerprint density at radius 3 is 2.37 bits per heavy atom. The van der Waals surface area contributed by atoms with E-state index in [1.807, 2.05) is 0 Å². The topological polar surface area (TPSA) is 99.4 Å². The smallest absolute Gasteiger partial charge is 0.269 e. The zero-order chi connectivity index (χ0) is 14.2. The third-order valence-electron chi connectivity index (χ3n) is 2.83. The Morgan fingerprint density at radius 2 is 1.89 bits per heavy atom. The number of Topliss-reactive ketones (excluding diaryl/α,β-unsaturated/α-hetero) is 1. The number of ketones is 1. The van der Waals surface area contributed by atoms with Gasteiger partial charge in [-0.05, 0) is 31.5 Å². The Labute approximate surface area is 109 Å². The molecule has 2 rings (SSSR count). The number of nitro groups is 1. The lowest BCUT2D eigenvalue weighted by Gasteiger charge is -2.02. The van der Waals surface area contributed by atoms with Gasteiger partial charge in [-0.2, -0.15) is 0 Å². The second-order valence-electron chi connectivity index (χ2n) is 4.13. The van der Waals surface area contributed by atoms with Crippen molar-refractivity contribution in [2.24, 2.45) is 0 Å². The fourth-order valence-electron chi connectivity index (χ4n) is 2.03. The van der Waals surface area contributed by atoms with Gasteiger partial charge in [-0.3, -0.25) is 14.9 Å². The van der Waals surface area contributed by atoms with Crippen molar-refractivity contribution >= 4 is 17.4 Å². The standard InChI is InChI=1S/C13H12N2O4/c1-7(16)11-8(2)19-13(14)12(11)9-3-5-10(6-4-9)15(17)18/h3-6H,14H2,1-2H3. The molecule has 6 heteroatoms. The van der Waals surface area contributed by atoms with Crippen molar-refractivity contribution in [1.82, 2.24) is 0 Å². The summed E-state index contributed by atoms with van der Waals surface area (Å²) >= 11 is 0. The maximum absolute atomic E-state index is 11.6. The number of hydrogen-bond acceptors (Lipinski definition) is 5. The van der Waals surface area contributed by atoms with E-state index in [9.17, 15) is 14.9 Å². The molecule has 0 amide bonds. The van der Waals surface area contributed by atoms with Crippen LogP contribution in [0, 0.1) is 17.0 Å². The quantitative estimate of drug-likeness (QED) is 0.519. The van der Waals surface area contributed by atoms with Gasteiger partial charge in [-0.25, -0.2) is 0 Å². The van der Waals surface area contributed by atoms with E-state index in [0.717, 1.165) is 0 Å². The van der Waals surface area contributed by atoms with Gasteiger partial charge in [0.1, 0.15) is 5.76 Å². The van der Waals surface area contributed by atoms with Gasteiger partial charge in [-0.15, -0.1) is 0 Å². The van der Waals surface area contributed by atoms with Crippen LogP contribution in [-0.4, -0.2) is 10.7 Å². The molecule has 1 aromatic carbocycles. The average Bonchev–Trinajstić information content (AvgIpc) is 2.64. The summed E-state index contributed by atoms with van der Waals surface area (Å²) in [5.41, 5.74) is 7.25. The molecule has 0 bridgehead atoms. The number of nitro benzene ring substituents is 1. The van der Waals surface area contributed by atoms with Gasteiger partial charge in [0.15, 0.2) is 11.7 Å². The van der Waals surface area contributed by atoms with Crippen LogP contribution in [0.4, 0.5) is 11.6 Å². The maximum Gasteiger partial charge on any atom is 0.269 e. The van der Waals surface area contributed by atoms with Crippen LogP contribution < -0.4 is 5.73 Å². The van der Waals surface area contributed by atoms with Crippen LogP contribution in [0.1, 0.15) is 23.0 Å². The molecule has 0 saturated heterocycles. The highest BCUT2D eigenvalue weighted by Gasteiger charge is 2.21. The van der Waals surface area contributed by atoms with E-state index in [0.29, 0.717) is 22.5 Å². The molecule has 1 heterocycles. The third kappa shape index (κ3) is 2.20. The molecule has 0 radical (unpaired) electrons. The molecule has 0 atom stereocenters. The van der Waals surface area contributed by atoms with Crippen molar-refractivity contribution in [3.05, 3.63) is 45.7 Å².